The molecule has 2 aromatic rings. The first-order valence-corrected chi connectivity index (χ1v) is 10.9. The predicted octanol–water partition coefficient (Wildman–Crippen LogP) is 3.65. The van der Waals surface area contributed by atoms with Gasteiger partial charge >= 0.3 is 6.18 Å². The fraction of sp³-hybridized carbons (Fsp3) is 0.684. The minimum Gasteiger partial charge on any atom is -0.354 e. The van der Waals surface area contributed by atoms with Crippen LogP contribution < -0.4 is 4.90 Å². The molecule has 12 heteroatoms. The maximum Gasteiger partial charge on any atom is 0.433 e. The van der Waals surface area contributed by atoms with Gasteiger partial charge in [0.15, 0.2) is 5.16 Å². The van der Waals surface area contributed by atoms with Gasteiger partial charge in [-0.25, -0.2) is 9.97 Å². The Hall–Kier alpha value is -1.59. The summed E-state index contributed by atoms with van der Waals surface area (Å²) in [5.41, 5.74) is -1.43. The molecule has 0 radical (unpaired) electrons. The molecular weight excluding hydrogens is 451 g/mol. The average Bonchev–Trinajstić information content (AvgIpc) is 3.09. The summed E-state index contributed by atoms with van der Waals surface area (Å²) in [4.78, 5) is 12.5. The molecule has 174 valence electrons. The maximum absolute atomic E-state index is 13.3. The van der Waals surface area contributed by atoms with E-state index in [0.717, 1.165) is 43.0 Å². The van der Waals surface area contributed by atoms with Crippen molar-refractivity contribution in [3.8, 4) is 0 Å². The molecule has 1 aliphatic rings. The Morgan fingerprint density at radius 1 is 1.06 bits per heavy atom. The van der Waals surface area contributed by atoms with Gasteiger partial charge in [-0.1, -0.05) is 32.5 Å². The monoisotopic (exact) mass is 479 g/mol. The van der Waals surface area contributed by atoms with Gasteiger partial charge in [0.05, 0.1) is 0 Å². The lowest BCUT2D eigenvalue weighted by Crippen LogP contribution is -2.47. The molecule has 0 aromatic carbocycles. The quantitative estimate of drug-likeness (QED) is 0.463. The van der Waals surface area contributed by atoms with Crippen LogP contribution in [0.2, 0.25) is 0 Å². The lowest BCUT2D eigenvalue weighted by Gasteiger charge is -2.36. The first-order valence-electron chi connectivity index (χ1n) is 9.95. The van der Waals surface area contributed by atoms with Gasteiger partial charge in [0, 0.05) is 50.5 Å². The molecule has 3 heterocycles. The van der Waals surface area contributed by atoms with Crippen LogP contribution in [0.15, 0.2) is 17.6 Å². The van der Waals surface area contributed by atoms with Crippen molar-refractivity contribution < 1.29 is 13.2 Å². The number of thioether (sulfide) groups is 1. The number of halogens is 4. The first kappa shape index (κ1) is 25.7. The summed E-state index contributed by atoms with van der Waals surface area (Å²) in [5.74, 6) is 1.53. The van der Waals surface area contributed by atoms with E-state index in [1.807, 2.05) is 37.3 Å². The molecule has 0 atom stereocenters. The molecule has 2 aromatic heterocycles. The van der Waals surface area contributed by atoms with Crippen LogP contribution in [-0.2, 0) is 18.6 Å². The second-order valence-electron chi connectivity index (χ2n) is 8.44. The Kier molecular flexibility index (Phi) is 8.57. The van der Waals surface area contributed by atoms with Crippen molar-refractivity contribution in [1.29, 1.82) is 0 Å². The molecule has 0 aliphatic carbocycles. The Balaban J connectivity index is 0.00000341. The molecule has 1 aliphatic heterocycles. The van der Waals surface area contributed by atoms with Gasteiger partial charge in [-0.05, 0) is 13.0 Å². The van der Waals surface area contributed by atoms with E-state index in [-0.39, 0.29) is 18.2 Å². The third kappa shape index (κ3) is 6.95. The third-order valence-corrected chi connectivity index (χ3v) is 6.01. The lowest BCUT2D eigenvalue weighted by atomic mass is 9.95. The Morgan fingerprint density at radius 3 is 2.29 bits per heavy atom. The lowest BCUT2D eigenvalue weighted by molar-refractivity contribution is -0.141. The number of anilines is 1. The molecule has 0 spiro atoms. The number of aromatic nitrogens is 5. The highest BCUT2D eigenvalue weighted by Crippen LogP contribution is 2.32. The van der Waals surface area contributed by atoms with Gasteiger partial charge in [-0.3, -0.25) is 4.90 Å². The topological polar surface area (TPSA) is 63.0 Å². The zero-order valence-electron chi connectivity index (χ0n) is 18.2. The smallest absolute Gasteiger partial charge is 0.354 e. The van der Waals surface area contributed by atoms with Crippen LogP contribution in [0.3, 0.4) is 0 Å². The number of hydrogen-bond donors (Lipinski definition) is 0. The van der Waals surface area contributed by atoms with Crippen molar-refractivity contribution >= 4 is 30.0 Å². The molecule has 0 amide bonds. The molecule has 0 N–H and O–H groups in total. The zero-order valence-corrected chi connectivity index (χ0v) is 19.8. The van der Waals surface area contributed by atoms with Gasteiger partial charge < -0.3 is 9.47 Å². The predicted molar refractivity (Wildman–Crippen MR) is 118 cm³/mol. The number of alkyl halides is 3. The van der Waals surface area contributed by atoms with Gasteiger partial charge in [-0.2, -0.15) is 13.2 Å². The van der Waals surface area contributed by atoms with E-state index >= 15 is 0 Å². The summed E-state index contributed by atoms with van der Waals surface area (Å²) >= 11 is 1.68. The van der Waals surface area contributed by atoms with Crippen LogP contribution in [0.25, 0.3) is 0 Å². The summed E-state index contributed by atoms with van der Waals surface area (Å²) in [6.07, 6.45) is -1.79. The van der Waals surface area contributed by atoms with Crippen molar-refractivity contribution in [2.24, 2.45) is 7.05 Å². The number of rotatable bonds is 6. The molecule has 0 saturated carbocycles. The fourth-order valence-corrected chi connectivity index (χ4v) is 3.94. The first-order chi connectivity index (χ1) is 14.0. The summed E-state index contributed by atoms with van der Waals surface area (Å²) in [7, 11) is 1.92. The summed E-state index contributed by atoms with van der Waals surface area (Å²) in [6.45, 7) is 9.30. The summed E-state index contributed by atoms with van der Waals surface area (Å²) < 4.78 is 41.9. The Bertz CT molecular complexity index is 814. The van der Waals surface area contributed by atoms with Crippen molar-refractivity contribution in [1.82, 2.24) is 29.6 Å². The highest BCUT2D eigenvalue weighted by Gasteiger charge is 2.35. The zero-order chi connectivity index (χ0) is 21.9. The molecule has 0 unspecified atom stereocenters. The van der Waals surface area contributed by atoms with Crippen LogP contribution in [0.5, 0.6) is 0 Å². The minimum atomic E-state index is -4.49. The highest BCUT2D eigenvalue weighted by atomic mass is 35.5. The van der Waals surface area contributed by atoms with Crippen LogP contribution in [-0.4, -0.2) is 68.1 Å². The molecule has 0 bridgehead atoms. The van der Waals surface area contributed by atoms with E-state index in [4.69, 9.17) is 0 Å². The van der Waals surface area contributed by atoms with E-state index in [1.165, 1.54) is 0 Å². The average molecular weight is 480 g/mol. The third-order valence-electron chi connectivity index (χ3n) is 4.89. The van der Waals surface area contributed by atoms with Crippen molar-refractivity contribution in [3.63, 3.8) is 0 Å². The van der Waals surface area contributed by atoms with Crippen LogP contribution in [0.4, 0.5) is 19.0 Å². The fourth-order valence-electron chi connectivity index (χ4n) is 3.13. The molecule has 31 heavy (non-hydrogen) atoms. The number of piperazine rings is 1. The van der Waals surface area contributed by atoms with Gasteiger partial charge in [-0.15, -0.1) is 22.6 Å². The normalized spacial score (nSPS) is 15.8. The van der Waals surface area contributed by atoms with E-state index in [2.05, 4.69) is 25.1 Å². The van der Waals surface area contributed by atoms with Crippen molar-refractivity contribution in [2.45, 2.75) is 43.9 Å². The van der Waals surface area contributed by atoms with Gasteiger partial charge in [0.2, 0.25) is 0 Å². The standard InChI is InChI=1S/C19H28F3N7S.ClH/c1-18(2,3)16-24-14(19(20,21)22)12-15(25-16)29-9-7-28(8-10-29)6-5-11-30-17-26-23-13-27(17)4;/h12-13H,5-11H2,1-4H3;1H. The van der Waals surface area contributed by atoms with E-state index in [0.29, 0.717) is 18.9 Å². The van der Waals surface area contributed by atoms with Gasteiger partial charge in [0.1, 0.15) is 23.7 Å². The van der Waals surface area contributed by atoms with Crippen LogP contribution >= 0.6 is 24.2 Å². The summed E-state index contributed by atoms with van der Waals surface area (Å²) in [6, 6.07) is 1.07. The summed E-state index contributed by atoms with van der Waals surface area (Å²) in [5, 5.41) is 8.82. The molecule has 1 saturated heterocycles. The molecule has 3 rings (SSSR count). The minimum absolute atomic E-state index is 0. The highest BCUT2D eigenvalue weighted by molar-refractivity contribution is 7.99. The Morgan fingerprint density at radius 2 is 1.74 bits per heavy atom. The van der Waals surface area contributed by atoms with Crippen molar-refractivity contribution in [2.75, 3.05) is 43.4 Å². The maximum atomic E-state index is 13.3. The second kappa shape index (κ2) is 10.4. The van der Waals surface area contributed by atoms with Crippen molar-refractivity contribution in [3.05, 3.63) is 23.9 Å². The van der Waals surface area contributed by atoms with Gasteiger partial charge in [0.25, 0.3) is 0 Å². The van der Waals surface area contributed by atoms with E-state index in [9.17, 15) is 13.2 Å². The van der Waals surface area contributed by atoms with Crippen LogP contribution in [0, 0.1) is 0 Å². The number of nitrogens with zero attached hydrogens (tertiary/aromatic N) is 7. The molecule has 7 nitrogen and oxygen atoms in total. The Labute approximate surface area is 191 Å². The molecule has 1 fully saturated rings. The SMILES string of the molecule is Cl.Cn1cnnc1SCCCN1CCN(c2cc(C(F)(F)F)nc(C(C)(C)C)n2)CC1. The second-order valence-corrected chi connectivity index (χ2v) is 9.50. The van der Waals surface area contributed by atoms with E-state index < -0.39 is 17.3 Å². The number of aryl methyl sites for hydroxylation is 1. The van der Waals surface area contributed by atoms with E-state index in [1.54, 1.807) is 18.1 Å². The molecular formula is C19H29ClF3N7S. The largest absolute Gasteiger partial charge is 0.433 e. The number of hydrogen-bond acceptors (Lipinski definition) is 7. The van der Waals surface area contributed by atoms with Crippen LogP contribution in [0.1, 0.15) is 38.7 Å².